The average Bonchev–Trinajstić information content (AvgIpc) is 2.74. The highest BCUT2D eigenvalue weighted by molar-refractivity contribution is 6.25. The first-order valence-corrected chi connectivity index (χ1v) is 12.1. The van der Waals surface area contributed by atoms with E-state index in [0.29, 0.717) is 12.1 Å². The number of likely N-dealkylation sites (N-methyl/N-ethyl adjacent to an activating group) is 1. The summed E-state index contributed by atoms with van der Waals surface area (Å²) in [5.41, 5.74) is 4.03. The number of hydrogen-bond donors (Lipinski definition) is 6. The molecule has 10 heteroatoms. The van der Waals surface area contributed by atoms with Gasteiger partial charge in [0, 0.05) is 29.6 Å². The Kier molecular flexibility index (Phi) is 6.32. The lowest BCUT2D eigenvalue weighted by molar-refractivity contribution is -0.184. The molecule has 2 unspecified atom stereocenters. The van der Waals surface area contributed by atoms with Crippen LogP contribution in [0.2, 0.25) is 0 Å². The normalized spacial score (nSPS) is 32.3. The number of nitrogens with two attached hydrogens (primary N) is 1. The summed E-state index contributed by atoms with van der Waals surface area (Å²) in [6.07, 6.45) is -1.12. The highest BCUT2D eigenvalue weighted by Crippen LogP contribution is 2.52. The van der Waals surface area contributed by atoms with E-state index in [2.05, 4.69) is 5.32 Å². The molecule has 4 rings (SSSR count). The molecule has 10 nitrogen and oxygen atoms in total. The van der Waals surface area contributed by atoms with E-state index in [9.17, 15) is 34.8 Å². The van der Waals surface area contributed by atoms with Gasteiger partial charge in [-0.3, -0.25) is 14.4 Å². The number of carbonyl (C=O) groups excluding carboxylic acids is 3. The number of primary amides is 1. The fraction of sp³-hybridized carbons (Fsp3) is 0.577. The molecule has 1 aromatic rings. The van der Waals surface area contributed by atoms with Crippen LogP contribution < -0.4 is 11.1 Å². The first-order valence-electron chi connectivity index (χ1n) is 12.1. The van der Waals surface area contributed by atoms with Gasteiger partial charge in [-0.15, -0.1) is 0 Å². The average molecular weight is 502 g/mol. The van der Waals surface area contributed by atoms with E-state index in [-0.39, 0.29) is 35.3 Å². The Morgan fingerprint density at radius 3 is 2.42 bits per heavy atom. The molecule has 36 heavy (non-hydrogen) atoms. The van der Waals surface area contributed by atoms with Crippen LogP contribution in [0.1, 0.15) is 43.9 Å². The minimum atomic E-state index is -2.65. The predicted molar refractivity (Wildman–Crippen MR) is 131 cm³/mol. The molecule has 2 fully saturated rings. The van der Waals surface area contributed by atoms with E-state index in [1.807, 2.05) is 20.8 Å². The highest BCUT2D eigenvalue weighted by atomic mass is 16.3. The second kappa shape index (κ2) is 8.65. The summed E-state index contributed by atoms with van der Waals surface area (Å²) < 4.78 is 0. The molecule has 1 aromatic carbocycles. The van der Waals surface area contributed by atoms with Crippen molar-refractivity contribution in [1.29, 1.82) is 0 Å². The Morgan fingerprint density at radius 1 is 1.22 bits per heavy atom. The van der Waals surface area contributed by atoms with Crippen molar-refractivity contribution in [2.75, 3.05) is 14.1 Å². The van der Waals surface area contributed by atoms with Gasteiger partial charge >= 0.3 is 0 Å². The SMILES string of the molecule is CN(C)[C@@H]1C(O)C(C(N)=O)C(=O)[C@@]2(O)C(=O)C3=C(O)c4c(O)ccc(CNC(C)(C)C)c4C[C@H]3C[C@@H]12. The summed E-state index contributed by atoms with van der Waals surface area (Å²) in [7, 11) is 3.25. The summed E-state index contributed by atoms with van der Waals surface area (Å²) in [4.78, 5) is 40.8. The van der Waals surface area contributed by atoms with E-state index in [0.717, 1.165) is 5.56 Å². The maximum absolute atomic E-state index is 13.8. The Balaban J connectivity index is 1.87. The maximum Gasteiger partial charge on any atom is 0.230 e. The quantitative estimate of drug-likeness (QED) is 0.311. The molecule has 3 aliphatic carbocycles. The van der Waals surface area contributed by atoms with Crippen molar-refractivity contribution in [3.05, 3.63) is 34.4 Å². The lowest BCUT2D eigenvalue weighted by Crippen LogP contribution is -2.73. The van der Waals surface area contributed by atoms with Gasteiger partial charge in [-0.05, 0) is 70.8 Å². The number of aliphatic hydroxyl groups is 3. The van der Waals surface area contributed by atoms with Crippen molar-refractivity contribution in [3.63, 3.8) is 0 Å². The molecule has 6 atom stereocenters. The second-order valence-corrected chi connectivity index (χ2v) is 11.5. The minimum absolute atomic E-state index is 0.0972. The zero-order valence-electron chi connectivity index (χ0n) is 21.2. The highest BCUT2D eigenvalue weighted by Gasteiger charge is 2.67. The van der Waals surface area contributed by atoms with Crippen LogP contribution in [-0.4, -0.2) is 80.2 Å². The van der Waals surface area contributed by atoms with Gasteiger partial charge in [0.2, 0.25) is 11.7 Å². The number of nitrogens with one attached hydrogen (secondary N) is 1. The van der Waals surface area contributed by atoms with Gasteiger partial charge < -0.3 is 36.4 Å². The Hall–Kier alpha value is -2.79. The first-order chi connectivity index (χ1) is 16.6. The van der Waals surface area contributed by atoms with Crippen LogP contribution in [0.4, 0.5) is 0 Å². The fourth-order valence-electron chi connectivity index (χ4n) is 6.19. The molecule has 196 valence electrons. The van der Waals surface area contributed by atoms with Crippen LogP contribution >= 0.6 is 0 Å². The third-order valence-electron chi connectivity index (χ3n) is 7.88. The van der Waals surface area contributed by atoms with E-state index in [4.69, 9.17) is 5.73 Å². The van der Waals surface area contributed by atoms with E-state index < -0.39 is 58.7 Å². The van der Waals surface area contributed by atoms with Gasteiger partial charge in [-0.1, -0.05) is 6.07 Å². The van der Waals surface area contributed by atoms with Gasteiger partial charge in [0.15, 0.2) is 11.4 Å². The molecule has 3 aliphatic rings. The molecule has 1 amide bonds. The Bertz CT molecular complexity index is 1170. The summed E-state index contributed by atoms with van der Waals surface area (Å²) in [5.74, 6) is -7.39. The summed E-state index contributed by atoms with van der Waals surface area (Å²) >= 11 is 0. The predicted octanol–water partition coefficient (Wildman–Crippen LogP) is 0.0171. The largest absolute Gasteiger partial charge is 0.507 e. The molecule has 0 aliphatic heterocycles. The number of benzene rings is 1. The van der Waals surface area contributed by atoms with Gasteiger partial charge in [0.25, 0.3) is 0 Å². The smallest absolute Gasteiger partial charge is 0.230 e. The zero-order chi connectivity index (χ0) is 26.9. The number of carbonyl (C=O) groups is 3. The van der Waals surface area contributed by atoms with Crippen LogP contribution in [0.3, 0.4) is 0 Å². The number of amides is 1. The number of phenols is 1. The van der Waals surface area contributed by atoms with Crippen LogP contribution in [0, 0.1) is 17.8 Å². The van der Waals surface area contributed by atoms with Crippen LogP contribution in [-0.2, 0) is 27.3 Å². The van der Waals surface area contributed by atoms with Crippen molar-refractivity contribution in [2.45, 2.75) is 63.4 Å². The molecule has 2 saturated carbocycles. The van der Waals surface area contributed by atoms with Gasteiger partial charge in [-0.2, -0.15) is 0 Å². The molecular formula is C26H35N3O7. The number of hydrogen-bond acceptors (Lipinski definition) is 9. The topological polar surface area (TPSA) is 173 Å². The number of Topliss-reactive ketones (excluding diaryl/α,β-unsaturated/α-hetero) is 2. The molecule has 0 spiro atoms. The molecule has 7 N–H and O–H groups in total. The van der Waals surface area contributed by atoms with Crippen molar-refractivity contribution < 1.29 is 34.8 Å². The van der Waals surface area contributed by atoms with Crippen LogP contribution in [0.15, 0.2) is 17.7 Å². The van der Waals surface area contributed by atoms with E-state index in [1.54, 1.807) is 25.1 Å². The monoisotopic (exact) mass is 501 g/mol. The second-order valence-electron chi connectivity index (χ2n) is 11.5. The Labute approximate surface area is 209 Å². The third kappa shape index (κ3) is 3.83. The lowest BCUT2D eigenvalue weighted by atomic mass is 9.54. The van der Waals surface area contributed by atoms with Gasteiger partial charge in [-0.25, -0.2) is 0 Å². The van der Waals surface area contributed by atoms with Crippen molar-refractivity contribution in [2.24, 2.45) is 23.5 Å². The number of ketones is 2. The number of nitrogens with zero attached hydrogens (tertiary/aromatic N) is 1. The zero-order valence-corrected chi connectivity index (χ0v) is 21.2. The van der Waals surface area contributed by atoms with Gasteiger partial charge in [0.1, 0.15) is 17.4 Å². The van der Waals surface area contributed by atoms with E-state index in [1.165, 1.54) is 6.07 Å². The summed E-state index contributed by atoms with van der Waals surface area (Å²) in [6.45, 7) is 6.51. The Morgan fingerprint density at radius 2 is 1.86 bits per heavy atom. The minimum Gasteiger partial charge on any atom is -0.507 e. The number of aliphatic hydroxyl groups excluding tert-OH is 2. The van der Waals surface area contributed by atoms with Crippen LogP contribution in [0.5, 0.6) is 5.75 Å². The standard InChI is InChI=1S/C26H35N3O7/c1-25(2,3)28-10-11-6-7-15(30)17-13(11)8-12-9-14-19(29(4)5)21(32)18(24(27)35)23(34)26(14,36)22(33)16(12)20(17)31/h6-7,12,14,18-19,21,28,30-32,36H,8-10H2,1-5H3,(H2,27,35)/t12-,14-,18?,19-,21?,26-/m0/s1. The van der Waals surface area contributed by atoms with Crippen molar-refractivity contribution in [1.82, 2.24) is 10.2 Å². The van der Waals surface area contributed by atoms with Crippen molar-refractivity contribution in [3.8, 4) is 5.75 Å². The number of phenolic OH excluding ortho intramolecular Hbond substituents is 1. The van der Waals surface area contributed by atoms with E-state index >= 15 is 0 Å². The maximum atomic E-state index is 13.8. The van der Waals surface area contributed by atoms with Crippen LogP contribution in [0.25, 0.3) is 5.76 Å². The van der Waals surface area contributed by atoms with Crippen molar-refractivity contribution >= 4 is 23.2 Å². The number of aromatic hydroxyl groups is 1. The summed E-state index contributed by atoms with van der Waals surface area (Å²) in [6, 6.07) is 2.29. The first kappa shape index (κ1) is 26.3. The molecular weight excluding hydrogens is 466 g/mol. The lowest BCUT2D eigenvalue weighted by Gasteiger charge is -2.53. The third-order valence-corrected chi connectivity index (χ3v) is 7.88. The molecule has 0 aromatic heterocycles. The molecule has 0 bridgehead atoms. The summed E-state index contributed by atoms with van der Waals surface area (Å²) in [5, 5.41) is 47.8. The molecule has 0 heterocycles. The molecule has 0 radical (unpaired) electrons. The fourth-order valence-corrected chi connectivity index (χ4v) is 6.19. The van der Waals surface area contributed by atoms with Gasteiger partial charge in [0.05, 0.1) is 11.7 Å². The number of fused-ring (bicyclic) bond motifs is 3. The number of rotatable bonds is 4. The molecule has 0 saturated heterocycles.